The Balaban J connectivity index is 0. The van der Waals surface area contributed by atoms with Gasteiger partial charge in [-0.15, -0.1) is 0 Å². The average Bonchev–Trinajstić information content (AvgIpc) is 2.67. The van der Waals surface area contributed by atoms with Gasteiger partial charge in [0, 0.05) is 12.8 Å². The summed E-state index contributed by atoms with van der Waals surface area (Å²) in [6, 6.07) is -1.12. The third-order valence-corrected chi connectivity index (χ3v) is 4.95. The number of amides is 1. The summed E-state index contributed by atoms with van der Waals surface area (Å²) in [4.78, 5) is 33.4. The topological polar surface area (TPSA) is 104 Å². The Morgan fingerprint density at radius 1 is 0.767 bits per heavy atom. The van der Waals surface area contributed by atoms with E-state index in [-0.39, 0.29) is 54.7 Å². The van der Waals surface area contributed by atoms with Gasteiger partial charge < -0.3 is 15.5 Å². The van der Waals surface area contributed by atoms with Crippen molar-refractivity contribution in [2.45, 2.75) is 116 Å². The van der Waals surface area contributed by atoms with Gasteiger partial charge in [-0.1, -0.05) is 70.4 Å². The number of hydrogen-bond acceptors (Lipinski definition) is 3. The van der Waals surface area contributed by atoms with E-state index >= 15 is 0 Å². The standard InChI is InChI=1S/C23H41NO5.Na.H/c1-2-3-4-5-6-7-8-9-10-11-12-13-14-15-16-17-21(25)24-20(23(28)29)18-19-22(26)27;;/h9-10,20H,2-8,11-19H2,1H3,(H,24,25)(H,26,27)(H,28,29);;/b10-9-;;/t20-;;/m0../s1. The first-order valence-electron chi connectivity index (χ1n) is 11.4. The fraction of sp³-hybridized carbons (Fsp3) is 0.783. The first kappa shape index (κ1) is 31.3. The van der Waals surface area contributed by atoms with Crippen molar-refractivity contribution < 1.29 is 24.6 Å². The molecule has 0 radical (unpaired) electrons. The van der Waals surface area contributed by atoms with Gasteiger partial charge in [0.2, 0.25) is 5.91 Å². The molecule has 170 valence electrons. The number of carbonyl (C=O) groups is 3. The summed E-state index contributed by atoms with van der Waals surface area (Å²) in [5.41, 5.74) is 0. The number of aliphatic carboxylic acids is 2. The second-order valence-electron chi connectivity index (χ2n) is 7.73. The number of nitrogens with one attached hydrogen (secondary N) is 1. The van der Waals surface area contributed by atoms with Crippen LogP contribution < -0.4 is 5.32 Å². The van der Waals surface area contributed by atoms with Crippen LogP contribution in [0.25, 0.3) is 0 Å². The van der Waals surface area contributed by atoms with Crippen molar-refractivity contribution in [1.82, 2.24) is 5.32 Å². The number of allylic oxidation sites excluding steroid dienone is 2. The molecule has 1 atom stereocenters. The van der Waals surface area contributed by atoms with E-state index in [1.807, 2.05) is 0 Å². The minimum atomic E-state index is -1.19. The predicted octanol–water partition coefficient (Wildman–Crippen LogP) is 4.81. The quantitative estimate of drug-likeness (QED) is 0.145. The van der Waals surface area contributed by atoms with Crippen LogP contribution in [0.5, 0.6) is 0 Å². The van der Waals surface area contributed by atoms with E-state index in [0.29, 0.717) is 0 Å². The van der Waals surface area contributed by atoms with E-state index in [1.54, 1.807) is 0 Å². The van der Waals surface area contributed by atoms with Crippen LogP contribution in [0.1, 0.15) is 110 Å². The van der Waals surface area contributed by atoms with E-state index < -0.39 is 18.0 Å². The molecule has 0 saturated carbocycles. The first-order chi connectivity index (χ1) is 14.0. The maximum atomic E-state index is 11.8. The summed E-state index contributed by atoms with van der Waals surface area (Å²) in [7, 11) is 0. The molecule has 0 aromatic carbocycles. The van der Waals surface area contributed by atoms with Gasteiger partial charge in [-0.05, 0) is 38.5 Å². The molecule has 0 heterocycles. The molecule has 0 aromatic rings. The Morgan fingerprint density at radius 3 is 1.77 bits per heavy atom. The molecule has 0 aliphatic heterocycles. The molecule has 0 unspecified atom stereocenters. The molecule has 0 rings (SSSR count). The fourth-order valence-corrected chi connectivity index (χ4v) is 3.15. The van der Waals surface area contributed by atoms with Gasteiger partial charge in [0.05, 0.1) is 0 Å². The summed E-state index contributed by atoms with van der Waals surface area (Å²) < 4.78 is 0. The van der Waals surface area contributed by atoms with Crippen molar-refractivity contribution >= 4 is 47.4 Å². The second-order valence-corrected chi connectivity index (χ2v) is 7.73. The molecule has 0 aromatic heterocycles. The molecule has 0 aliphatic carbocycles. The third kappa shape index (κ3) is 21.8. The van der Waals surface area contributed by atoms with Gasteiger partial charge >= 0.3 is 41.5 Å². The van der Waals surface area contributed by atoms with Crippen LogP contribution >= 0.6 is 0 Å². The van der Waals surface area contributed by atoms with Crippen LogP contribution in [0.15, 0.2) is 12.2 Å². The van der Waals surface area contributed by atoms with Gasteiger partial charge in [0.25, 0.3) is 0 Å². The normalized spacial score (nSPS) is 11.8. The number of carboxylic acid groups (broad SMARTS) is 2. The minimum absolute atomic E-state index is 0. The van der Waals surface area contributed by atoms with Crippen molar-refractivity contribution in [3.05, 3.63) is 12.2 Å². The summed E-state index contributed by atoms with van der Waals surface area (Å²) in [5.74, 6) is -2.58. The zero-order chi connectivity index (χ0) is 21.7. The Labute approximate surface area is 204 Å². The van der Waals surface area contributed by atoms with E-state index in [2.05, 4.69) is 24.4 Å². The molecule has 7 heteroatoms. The van der Waals surface area contributed by atoms with Crippen molar-refractivity contribution in [3.8, 4) is 0 Å². The Kier molecular flexibility index (Phi) is 23.8. The Morgan fingerprint density at radius 2 is 1.27 bits per heavy atom. The van der Waals surface area contributed by atoms with E-state index in [9.17, 15) is 14.4 Å². The predicted molar refractivity (Wildman–Crippen MR) is 123 cm³/mol. The summed E-state index contributed by atoms with van der Waals surface area (Å²) in [6.07, 6.45) is 19.9. The summed E-state index contributed by atoms with van der Waals surface area (Å²) in [5, 5.41) is 20.1. The Hall–Kier alpha value is -0.850. The third-order valence-electron chi connectivity index (χ3n) is 4.95. The van der Waals surface area contributed by atoms with E-state index in [1.165, 1.54) is 44.9 Å². The molecule has 30 heavy (non-hydrogen) atoms. The van der Waals surface area contributed by atoms with Crippen molar-refractivity contribution in [3.63, 3.8) is 0 Å². The van der Waals surface area contributed by atoms with Crippen LogP contribution in [0.2, 0.25) is 0 Å². The Bertz CT molecular complexity index is 482. The average molecular weight is 436 g/mol. The van der Waals surface area contributed by atoms with Gasteiger partial charge in [-0.2, -0.15) is 0 Å². The molecule has 0 saturated heterocycles. The van der Waals surface area contributed by atoms with E-state index in [4.69, 9.17) is 10.2 Å². The molecule has 0 fully saturated rings. The van der Waals surface area contributed by atoms with Crippen molar-refractivity contribution in [1.29, 1.82) is 0 Å². The fourth-order valence-electron chi connectivity index (χ4n) is 3.15. The zero-order valence-corrected chi connectivity index (χ0v) is 18.2. The van der Waals surface area contributed by atoms with Crippen LogP contribution in [-0.2, 0) is 14.4 Å². The molecule has 3 N–H and O–H groups in total. The number of hydrogen-bond donors (Lipinski definition) is 3. The molecule has 0 aliphatic rings. The number of rotatable bonds is 20. The molecular formula is C23H42NNaO5. The van der Waals surface area contributed by atoms with Crippen molar-refractivity contribution in [2.24, 2.45) is 0 Å². The van der Waals surface area contributed by atoms with Gasteiger partial charge in [-0.3, -0.25) is 9.59 Å². The van der Waals surface area contributed by atoms with Crippen LogP contribution in [-0.4, -0.2) is 63.7 Å². The first-order valence-corrected chi connectivity index (χ1v) is 11.4. The summed E-state index contributed by atoms with van der Waals surface area (Å²) >= 11 is 0. The SMILES string of the molecule is CCCCCCCC/C=C\CCCCCCCC(=O)N[C@@H](CCC(=O)O)C(=O)O.[NaH]. The van der Waals surface area contributed by atoms with Crippen molar-refractivity contribution in [2.75, 3.05) is 0 Å². The molecule has 0 bridgehead atoms. The molecular weight excluding hydrogens is 393 g/mol. The van der Waals surface area contributed by atoms with Gasteiger partial charge in [-0.25, -0.2) is 4.79 Å². The van der Waals surface area contributed by atoms with E-state index in [0.717, 1.165) is 38.5 Å². The monoisotopic (exact) mass is 435 g/mol. The zero-order valence-electron chi connectivity index (χ0n) is 18.2. The van der Waals surface area contributed by atoms with Crippen LogP contribution in [0, 0.1) is 0 Å². The molecule has 6 nitrogen and oxygen atoms in total. The van der Waals surface area contributed by atoms with Crippen LogP contribution in [0.4, 0.5) is 0 Å². The molecule has 1 amide bonds. The molecule has 0 spiro atoms. The number of carboxylic acids is 2. The number of carbonyl (C=O) groups excluding carboxylic acids is 1. The number of unbranched alkanes of at least 4 members (excludes halogenated alkanes) is 11. The van der Waals surface area contributed by atoms with Gasteiger partial charge in [0.1, 0.15) is 6.04 Å². The maximum absolute atomic E-state index is 11.8. The summed E-state index contributed by atoms with van der Waals surface area (Å²) in [6.45, 7) is 2.24. The van der Waals surface area contributed by atoms with Crippen LogP contribution in [0.3, 0.4) is 0 Å². The van der Waals surface area contributed by atoms with Gasteiger partial charge in [0.15, 0.2) is 0 Å². The second kappa shape index (κ2) is 22.8.